The van der Waals surface area contributed by atoms with Crippen molar-refractivity contribution in [1.82, 2.24) is 9.88 Å². The molecule has 6 nitrogen and oxygen atoms in total. The molecule has 1 amide bonds. The maximum atomic E-state index is 13.5. The summed E-state index contributed by atoms with van der Waals surface area (Å²) in [6.07, 6.45) is 3.40. The van der Waals surface area contributed by atoms with Gasteiger partial charge in [0.15, 0.2) is 5.43 Å². The van der Waals surface area contributed by atoms with Gasteiger partial charge in [0.1, 0.15) is 11.3 Å². The van der Waals surface area contributed by atoms with Crippen LogP contribution < -0.4 is 10.2 Å². The van der Waals surface area contributed by atoms with E-state index in [-0.39, 0.29) is 17.1 Å². The minimum atomic E-state index is -0.560. The van der Waals surface area contributed by atoms with E-state index in [4.69, 9.17) is 9.15 Å². The number of hydrogen-bond acceptors (Lipinski definition) is 5. The molecule has 4 aromatic rings. The first-order valence-electron chi connectivity index (χ1n) is 9.98. The summed E-state index contributed by atoms with van der Waals surface area (Å²) in [5, 5.41) is 0.480. The molecule has 0 radical (unpaired) electrons. The molecular formula is C25H20N2O4. The Bertz CT molecular complexity index is 1340. The second-order valence-corrected chi connectivity index (χ2v) is 7.64. The monoisotopic (exact) mass is 412 g/mol. The van der Waals surface area contributed by atoms with Crippen molar-refractivity contribution in [2.75, 3.05) is 7.11 Å². The molecule has 0 saturated carbocycles. The molecule has 0 fully saturated rings. The fraction of sp³-hybridized carbons (Fsp3) is 0.160. The van der Waals surface area contributed by atoms with E-state index in [1.54, 1.807) is 36.5 Å². The summed E-state index contributed by atoms with van der Waals surface area (Å²) in [5.74, 6) is 0.499. The molecule has 6 heteroatoms. The largest absolute Gasteiger partial charge is 0.497 e. The third kappa shape index (κ3) is 3.17. The Balaban J connectivity index is 1.72. The van der Waals surface area contributed by atoms with Gasteiger partial charge in [-0.05, 0) is 48.4 Å². The summed E-state index contributed by atoms with van der Waals surface area (Å²) in [6, 6.07) is 16.0. The number of methoxy groups -OCH3 is 1. The summed E-state index contributed by atoms with van der Waals surface area (Å²) >= 11 is 0. The van der Waals surface area contributed by atoms with Gasteiger partial charge in [0.2, 0.25) is 5.76 Å². The van der Waals surface area contributed by atoms with Crippen LogP contribution >= 0.6 is 0 Å². The lowest BCUT2D eigenvalue weighted by molar-refractivity contribution is 0.0714. The maximum absolute atomic E-state index is 13.5. The van der Waals surface area contributed by atoms with Gasteiger partial charge in [0, 0.05) is 18.9 Å². The Labute approximate surface area is 178 Å². The standard InChI is InChI=1S/C25H20N2O4/c1-15-5-10-20-19(12-15)23(28)21-22(17-6-8-18(30-2)9-7-17)27(25(29)24(21)31-20)14-16-4-3-11-26-13-16/h3-13,22H,14H2,1-2H3/t22-/m1/s1. The van der Waals surface area contributed by atoms with Crippen molar-refractivity contribution in [2.45, 2.75) is 19.5 Å². The van der Waals surface area contributed by atoms with Gasteiger partial charge in [-0.25, -0.2) is 0 Å². The number of ether oxygens (including phenoxy) is 1. The third-order valence-corrected chi connectivity index (χ3v) is 5.63. The summed E-state index contributed by atoms with van der Waals surface area (Å²) in [5.41, 5.74) is 3.25. The second kappa shape index (κ2) is 7.40. The van der Waals surface area contributed by atoms with Crippen molar-refractivity contribution < 1.29 is 13.9 Å². The van der Waals surface area contributed by atoms with Gasteiger partial charge in [-0.2, -0.15) is 0 Å². The van der Waals surface area contributed by atoms with Crippen LogP contribution in [-0.2, 0) is 6.54 Å². The molecule has 0 unspecified atom stereocenters. The highest BCUT2D eigenvalue weighted by molar-refractivity contribution is 5.99. The predicted molar refractivity (Wildman–Crippen MR) is 116 cm³/mol. The summed E-state index contributed by atoms with van der Waals surface area (Å²) < 4.78 is 11.3. The number of carbonyl (C=O) groups excluding carboxylic acids is 1. The number of hydrogen-bond donors (Lipinski definition) is 0. The Morgan fingerprint density at radius 1 is 1.10 bits per heavy atom. The molecule has 0 N–H and O–H groups in total. The molecule has 0 aliphatic carbocycles. The predicted octanol–water partition coefficient (Wildman–Crippen LogP) is 4.25. The molecule has 1 aliphatic rings. The fourth-order valence-electron chi connectivity index (χ4n) is 4.12. The van der Waals surface area contributed by atoms with E-state index in [9.17, 15) is 9.59 Å². The van der Waals surface area contributed by atoms with E-state index in [0.717, 1.165) is 16.7 Å². The van der Waals surface area contributed by atoms with Gasteiger partial charge in [-0.1, -0.05) is 29.8 Å². The number of rotatable bonds is 4. The van der Waals surface area contributed by atoms with E-state index in [2.05, 4.69) is 4.98 Å². The molecule has 31 heavy (non-hydrogen) atoms. The van der Waals surface area contributed by atoms with Crippen molar-refractivity contribution in [3.8, 4) is 5.75 Å². The number of aryl methyl sites for hydroxylation is 1. The van der Waals surface area contributed by atoms with Crippen LogP contribution in [0.3, 0.4) is 0 Å². The Morgan fingerprint density at radius 3 is 2.61 bits per heavy atom. The van der Waals surface area contributed by atoms with E-state index >= 15 is 0 Å². The molecule has 3 heterocycles. The highest BCUT2D eigenvalue weighted by Crippen LogP contribution is 2.39. The molecule has 2 aromatic carbocycles. The number of benzene rings is 2. The summed E-state index contributed by atoms with van der Waals surface area (Å²) in [7, 11) is 1.60. The van der Waals surface area contributed by atoms with Crippen LogP contribution in [0, 0.1) is 6.92 Å². The first-order chi connectivity index (χ1) is 15.1. The normalized spacial score (nSPS) is 15.4. The molecule has 154 valence electrons. The fourth-order valence-corrected chi connectivity index (χ4v) is 4.12. The zero-order chi connectivity index (χ0) is 21.5. The number of amides is 1. The van der Waals surface area contributed by atoms with Crippen LogP contribution in [0.25, 0.3) is 11.0 Å². The molecule has 0 saturated heterocycles. The molecular weight excluding hydrogens is 392 g/mol. The van der Waals surface area contributed by atoms with Crippen molar-refractivity contribution >= 4 is 16.9 Å². The average Bonchev–Trinajstić information content (AvgIpc) is 3.07. The first kappa shape index (κ1) is 19.1. The van der Waals surface area contributed by atoms with Gasteiger partial charge >= 0.3 is 0 Å². The number of aromatic nitrogens is 1. The highest BCUT2D eigenvalue weighted by atomic mass is 16.5. The van der Waals surface area contributed by atoms with E-state index in [0.29, 0.717) is 28.8 Å². The quantitative estimate of drug-likeness (QED) is 0.501. The zero-order valence-electron chi connectivity index (χ0n) is 17.2. The van der Waals surface area contributed by atoms with Crippen LogP contribution in [0.1, 0.15) is 38.9 Å². The van der Waals surface area contributed by atoms with Crippen LogP contribution in [0.4, 0.5) is 0 Å². The highest BCUT2D eigenvalue weighted by Gasteiger charge is 2.42. The maximum Gasteiger partial charge on any atom is 0.291 e. The van der Waals surface area contributed by atoms with Crippen LogP contribution in [0.15, 0.2) is 76.2 Å². The van der Waals surface area contributed by atoms with E-state index in [1.807, 2.05) is 49.4 Å². The van der Waals surface area contributed by atoms with Crippen molar-refractivity contribution in [3.05, 3.63) is 105 Å². The van der Waals surface area contributed by atoms with Gasteiger partial charge in [0.25, 0.3) is 5.91 Å². The van der Waals surface area contributed by atoms with E-state index in [1.165, 1.54) is 0 Å². The Kier molecular flexibility index (Phi) is 4.55. The number of fused-ring (bicyclic) bond motifs is 2. The lowest BCUT2D eigenvalue weighted by Crippen LogP contribution is -2.29. The van der Waals surface area contributed by atoms with Gasteiger partial charge in [-0.15, -0.1) is 0 Å². The lowest BCUT2D eigenvalue weighted by Gasteiger charge is -2.25. The summed E-state index contributed by atoms with van der Waals surface area (Å²) in [6.45, 7) is 2.23. The molecule has 1 atom stereocenters. The van der Waals surface area contributed by atoms with Crippen LogP contribution in [-0.4, -0.2) is 22.9 Å². The molecule has 5 rings (SSSR count). The van der Waals surface area contributed by atoms with Crippen molar-refractivity contribution in [1.29, 1.82) is 0 Å². The minimum Gasteiger partial charge on any atom is -0.497 e. The van der Waals surface area contributed by atoms with Gasteiger partial charge < -0.3 is 14.1 Å². The molecule has 1 aliphatic heterocycles. The van der Waals surface area contributed by atoms with Crippen molar-refractivity contribution in [3.63, 3.8) is 0 Å². The second-order valence-electron chi connectivity index (χ2n) is 7.64. The Hall–Kier alpha value is -3.93. The van der Waals surface area contributed by atoms with Crippen LogP contribution in [0.2, 0.25) is 0 Å². The SMILES string of the molecule is COc1ccc([C@@H]2c3c(oc4ccc(C)cc4c3=O)C(=O)N2Cc2cccnc2)cc1. The average molecular weight is 412 g/mol. The number of carbonyl (C=O) groups is 1. The first-order valence-corrected chi connectivity index (χ1v) is 9.98. The zero-order valence-corrected chi connectivity index (χ0v) is 17.2. The smallest absolute Gasteiger partial charge is 0.291 e. The van der Waals surface area contributed by atoms with Gasteiger partial charge in [0.05, 0.1) is 24.1 Å². The Morgan fingerprint density at radius 2 is 1.90 bits per heavy atom. The van der Waals surface area contributed by atoms with Gasteiger partial charge in [-0.3, -0.25) is 14.6 Å². The lowest BCUT2D eigenvalue weighted by atomic mass is 9.98. The molecule has 0 bridgehead atoms. The summed E-state index contributed by atoms with van der Waals surface area (Å²) in [4.78, 5) is 32.8. The minimum absolute atomic E-state index is 0.103. The number of pyridine rings is 1. The van der Waals surface area contributed by atoms with Crippen LogP contribution in [0.5, 0.6) is 5.75 Å². The topological polar surface area (TPSA) is 72.6 Å². The number of nitrogens with zero attached hydrogens (tertiary/aromatic N) is 2. The third-order valence-electron chi connectivity index (χ3n) is 5.63. The van der Waals surface area contributed by atoms with Crippen molar-refractivity contribution in [2.24, 2.45) is 0 Å². The van der Waals surface area contributed by atoms with E-state index < -0.39 is 6.04 Å². The molecule has 0 spiro atoms. The molecule has 2 aromatic heterocycles.